The van der Waals surface area contributed by atoms with Crippen molar-refractivity contribution >= 4 is 0 Å². The summed E-state index contributed by atoms with van der Waals surface area (Å²) in [6, 6.07) is 3.54. The smallest absolute Gasteiger partial charge is 0.250 e. The third kappa shape index (κ3) is 3.88. The topological polar surface area (TPSA) is 48.0 Å². The molecule has 0 amide bonds. The molecule has 0 bridgehead atoms. The number of hydrogen-bond acceptors (Lipinski definition) is 2. The van der Waals surface area contributed by atoms with Gasteiger partial charge in [0, 0.05) is 18.8 Å². The summed E-state index contributed by atoms with van der Waals surface area (Å²) < 4.78 is 1.79. The summed E-state index contributed by atoms with van der Waals surface area (Å²) in [4.78, 5) is 11.5. The Morgan fingerprint density at radius 1 is 1.40 bits per heavy atom. The van der Waals surface area contributed by atoms with Gasteiger partial charge < -0.3 is 10.3 Å². The monoisotopic (exact) mass is 208 g/mol. The van der Waals surface area contributed by atoms with E-state index in [2.05, 4.69) is 13.8 Å². The van der Waals surface area contributed by atoms with Crippen LogP contribution in [0.1, 0.15) is 25.8 Å². The maximum atomic E-state index is 11.5. The Labute approximate surface area is 90.9 Å². The standard InChI is InChI=1S/C12H20N2O/c1-10(2)8-14-9-11(4-3-7-13)5-6-12(14)15/h5-6,9-10H,3-4,7-8,13H2,1-2H3. The molecule has 3 heteroatoms. The molecule has 0 radical (unpaired) electrons. The second-order valence-electron chi connectivity index (χ2n) is 4.31. The average molecular weight is 208 g/mol. The van der Waals surface area contributed by atoms with Crippen LogP contribution in [0.4, 0.5) is 0 Å². The fraction of sp³-hybridized carbons (Fsp3) is 0.583. The number of rotatable bonds is 5. The molecular formula is C12H20N2O. The highest BCUT2D eigenvalue weighted by Gasteiger charge is 2.00. The lowest BCUT2D eigenvalue weighted by molar-refractivity contribution is 0.509. The van der Waals surface area contributed by atoms with E-state index in [0.717, 1.165) is 19.4 Å². The van der Waals surface area contributed by atoms with Crippen LogP contribution in [0.2, 0.25) is 0 Å². The van der Waals surface area contributed by atoms with E-state index in [4.69, 9.17) is 5.73 Å². The molecule has 84 valence electrons. The maximum Gasteiger partial charge on any atom is 0.250 e. The Morgan fingerprint density at radius 2 is 2.13 bits per heavy atom. The molecule has 15 heavy (non-hydrogen) atoms. The number of hydrogen-bond donors (Lipinski definition) is 1. The van der Waals surface area contributed by atoms with Crippen molar-refractivity contribution in [2.75, 3.05) is 6.54 Å². The molecule has 1 aromatic rings. The quantitative estimate of drug-likeness (QED) is 0.795. The molecule has 0 fully saturated rings. The Bertz CT molecular complexity index is 355. The molecule has 1 rings (SSSR count). The van der Waals surface area contributed by atoms with Gasteiger partial charge in [-0.05, 0) is 30.9 Å². The van der Waals surface area contributed by atoms with E-state index < -0.39 is 0 Å². The molecule has 0 aliphatic rings. The fourth-order valence-electron chi connectivity index (χ4n) is 1.57. The largest absolute Gasteiger partial charge is 0.330 e. The third-order valence-corrected chi connectivity index (χ3v) is 2.28. The molecule has 1 heterocycles. The van der Waals surface area contributed by atoms with Gasteiger partial charge in [0.1, 0.15) is 0 Å². The minimum atomic E-state index is 0.0835. The Kier molecular flexibility index (Phi) is 4.56. The average Bonchev–Trinajstić information content (AvgIpc) is 2.18. The van der Waals surface area contributed by atoms with Crippen LogP contribution < -0.4 is 11.3 Å². The van der Waals surface area contributed by atoms with Gasteiger partial charge in [-0.2, -0.15) is 0 Å². The maximum absolute atomic E-state index is 11.5. The number of aromatic nitrogens is 1. The number of pyridine rings is 1. The van der Waals surface area contributed by atoms with Crippen LogP contribution in [-0.4, -0.2) is 11.1 Å². The zero-order chi connectivity index (χ0) is 11.3. The molecule has 0 aliphatic heterocycles. The van der Waals surface area contributed by atoms with E-state index in [9.17, 15) is 4.79 Å². The first kappa shape index (κ1) is 12.0. The number of nitrogens with two attached hydrogens (primary N) is 1. The third-order valence-electron chi connectivity index (χ3n) is 2.28. The van der Waals surface area contributed by atoms with Gasteiger partial charge in [-0.15, -0.1) is 0 Å². The lowest BCUT2D eigenvalue weighted by atomic mass is 10.1. The van der Waals surface area contributed by atoms with E-state index in [0.29, 0.717) is 12.5 Å². The molecule has 0 atom stereocenters. The summed E-state index contributed by atoms with van der Waals surface area (Å²) in [5.74, 6) is 0.493. The summed E-state index contributed by atoms with van der Waals surface area (Å²) in [6.07, 6.45) is 3.88. The second-order valence-corrected chi connectivity index (χ2v) is 4.31. The molecule has 3 nitrogen and oxygen atoms in total. The lowest BCUT2D eigenvalue weighted by Crippen LogP contribution is -2.21. The van der Waals surface area contributed by atoms with Crippen LogP contribution in [0, 0.1) is 5.92 Å². The number of nitrogens with zero attached hydrogens (tertiary/aromatic N) is 1. The Balaban J connectivity index is 2.80. The van der Waals surface area contributed by atoms with E-state index >= 15 is 0 Å². The van der Waals surface area contributed by atoms with E-state index in [1.165, 1.54) is 5.56 Å². The van der Waals surface area contributed by atoms with Gasteiger partial charge in [0.25, 0.3) is 5.56 Å². The molecule has 1 aromatic heterocycles. The van der Waals surface area contributed by atoms with Crippen molar-refractivity contribution in [2.45, 2.75) is 33.2 Å². The summed E-state index contributed by atoms with van der Waals surface area (Å²) in [5.41, 5.74) is 6.74. The van der Waals surface area contributed by atoms with Crippen molar-refractivity contribution in [2.24, 2.45) is 11.7 Å². The van der Waals surface area contributed by atoms with Crippen molar-refractivity contribution < 1.29 is 0 Å². The van der Waals surface area contributed by atoms with Crippen LogP contribution >= 0.6 is 0 Å². The van der Waals surface area contributed by atoms with Crippen molar-refractivity contribution in [1.82, 2.24) is 4.57 Å². The van der Waals surface area contributed by atoms with E-state index in [-0.39, 0.29) is 5.56 Å². The SMILES string of the molecule is CC(C)Cn1cc(CCCN)ccc1=O. The molecule has 0 saturated heterocycles. The first-order valence-corrected chi connectivity index (χ1v) is 5.53. The van der Waals surface area contributed by atoms with Crippen LogP contribution in [0.3, 0.4) is 0 Å². The van der Waals surface area contributed by atoms with Gasteiger partial charge in [0.2, 0.25) is 0 Å². The molecule has 0 saturated carbocycles. The van der Waals surface area contributed by atoms with Gasteiger partial charge in [0.05, 0.1) is 0 Å². The van der Waals surface area contributed by atoms with Crippen LogP contribution in [0.25, 0.3) is 0 Å². The first-order chi connectivity index (χ1) is 7.13. The predicted octanol–water partition coefficient (Wildman–Crippen LogP) is 1.40. The van der Waals surface area contributed by atoms with E-state index in [1.54, 1.807) is 10.6 Å². The minimum absolute atomic E-state index is 0.0835. The molecule has 2 N–H and O–H groups in total. The summed E-state index contributed by atoms with van der Waals surface area (Å²) in [5, 5.41) is 0. The van der Waals surface area contributed by atoms with Crippen molar-refractivity contribution in [3.63, 3.8) is 0 Å². The molecular weight excluding hydrogens is 188 g/mol. The zero-order valence-corrected chi connectivity index (χ0v) is 9.57. The van der Waals surface area contributed by atoms with Gasteiger partial charge in [0.15, 0.2) is 0 Å². The summed E-state index contributed by atoms with van der Waals surface area (Å²) in [6.45, 7) is 5.70. The highest BCUT2D eigenvalue weighted by molar-refractivity contribution is 5.10. The van der Waals surface area contributed by atoms with Gasteiger partial charge in [-0.25, -0.2) is 0 Å². The van der Waals surface area contributed by atoms with Gasteiger partial charge >= 0.3 is 0 Å². The van der Waals surface area contributed by atoms with Crippen LogP contribution in [0.5, 0.6) is 0 Å². The molecule has 0 aliphatic carbocycles. The minimum Gasteiger partial charge on any atom is -0.330 e. The molecule has 0 spiro atoms. The van der Waals surface area contributed by atoms with Crippen LogP contribution in [0.15, 0.2) is 23.1 Å². The predicted molar refractivity (Wildman–Crippen MR) is 62.9 cm³/mol. The summed E-state index contributed by atoms with van der Waals surface area (Å²) >= 11 is 0. The second kappa shape index (κ2) is 5.71. The highest BCUT2D eigenvalue weighted by Crippen LogP contribution is 2.02. The zero-order valence-electron chi connectivity index (χ0n) is 9.57. The lowest BCUT2D eigenvalue weighted by Gasteiger charge is -2.10. The van der Waals surface area contributed by atoms with Crippen molar-refractivity contribution in [3.8, 4) is 0 Å². The van der Waals surface area contributed by atoms with Gasteiger partial charge in [-0.3, -0.25) is 4.79 Å². The number of aryl methyl sites for hydroxylation is 1. The van der Waals surface area contributed by atoms with Gasteiger partial charge in [-0.1, -0.05) is 19.9 Å². The molecule has 0 unspecified atom stereocenters. The van der Waals surface area contributed by atoms with E-state index in [1.807, 2.05) is 12.3 Å². The highest BCUT2D eigenvalue weighted by atomic mass is 16.1. The van der Waals surface area contributed by atoms with Crippen molar-refractivity contribution in [3.05, 3.63) is 34.2 Å². The summed E-state index contributed by atoms with van der Waals surface area (Å²) in [7, 11) is 0. The van der Waals surface area contributed by atoms with Crippen molar-refractivity contribution in [1.29, 1.82) is 0 Å². The van der Waals surface area contributed by atoms with Crippen LogP contribution in [-0.2, 0) is 13.0 Å². The first-order valence-electron chi connectivity index (χ1n) is 5.53. The Hall–Kier alpha value is -1.09. The normalized spacial score (nSPS) is 10.9. The molecule has 0 aromatic carbocycles. The Morgan fingerprint density at radius 3 is 2.73 bits per heavy atom. The fourth-order valence-corrected chi connectivity index (χ4v) is 1.57.